The van der Waals surface area contributed by atoms with Gasteiger partial charge in [-0.25, -0.2) is 22.2 Å². The number of carbonyl (C=O) groups is 1. The number of benzene rings is 2. The monoisotopic (exact) mass is 436 g/mol. The van der Waals surface area contributed by atoms with Crippen LogP contribution in [0.4, 0.5) is 14.5 Å². The van der Waals surface area contributed by atoms with E-state index in [4.69, 9.17) is 4.42 Å². The molecule has 0 atom stereocenters. The summed E-state index contributed by atoms with van der Waals surface area (Å²) in [6, 6.07) is 6.68. The van der Waals surface area contributed by atoms with Gasteiger partial charge >= 0.3 is 0 Å². The highest BCUT2D eigenvalue weighted by molar-refractivity contribution is 7.91. The molecule has 0 aliphatic carbocycles. The second-order valence-electron chi connectivity index (χ2n) is 6.37. The normalized spacial score (nSPS) is 11.4. The van der Waals surface area contributed by atoms with Crippen LogP contribution in [-0.4, -0.2) is 30.2 Å². The van der Waals surface area contributed by atoms with Crippen LogP contribution in [0.5, 0.6) is 5.75 Å². The fourth-order valence-corrected chi connectivity index (χ4v) is 3.55. The van der Waals surface area contributed by atoms with E-state index < -0.39 is 27.4 Å². The van der Waals surface area contributed by atoms with Gasteiger partial charge < -0.3 is 14.8 Å². The SMILES string of the molecule is CCS(=O)(=O)c1ccc(O)c(NC(=O)CCc2ncc(-c3ccc(F)cc3F)o2)c1. The lowest BCUT2D eigenvalue weighted by atomic mass is 10.2. The van der Waals surface area contributed by atoms with E-state index in [0.29, 0.717) is 0 Å². The molecule has 0 fully saturated rings. The molecule has 0 radical (unpaired) electrons. The van der Waals surface area contributed by atoms with E-state index in [0.717, 1.165) is 12.1 Å². The van der Waals surface area contributed by atoms with Gasteiger partial charge in [0.25, 0.3) is 0 Å². The van der Waals surface area contributed by atoms with E-state index >= 15 is 0 Å². The van der Waals surface area contributed by atoms with E-state index in [1.165, 1.54) is 37.4 Å². The van der Waals surface area contributed by atoms with Gasteiger partial charge in [0.05, 0.1) is 28.1 Å². The van der Waals surface area contributed by atoms with Crippen LogP contribution in [0.2, 0.25) is 0 Å². The van der Waals surface area contributed by atoms with E-state index in [2.05, 4.69) is 10.3 Å². The van der Waals surface area contributed by atoms with Crippen LogP contribution in [0.1, 0.15) is 19.2 Å². The zero-order valence-electron chi connectivity index (χ0n) is 15.9. The number of aromatic hydroxyl groups is 1. The topological polar surface area (TPSA) is 110 Å². The van der Waals surface area contributed by atoms with Crippen LogP contribution in [0.3, 0.4) is 0 Å². The summed E-state index contributed by atoms with van der Waals surface area (Å²) in [6.45, 7) is 1.49. The summed E-state index contributed by atoms with van der Waals surface area (Å²) in [5.41, 5.74) is 0.00877. The molecule has 3 rings (SSSR count). The summed E-state index contributed by atoms with van der Waals surface area (Å²) in [5.74, 6) is -2.16. The smallest absolute Gasteiger partial charge is 0.224 e. The Hall–Kier alpha value is -3.27. The van der Waals surface area contributed by atoms with Crippen molar-refractivity contribution >= 4 is 21.4 Å². The molecule has 0 saturated heterocycles. The van der Waals surface area contributed by atoms with Gasteiger partial charge in [-0.05, 0) is 30.3 Å². The van der Waals surface area contributed by atoms with Gasteiger partial charge in [-0.15, -0.1) is 0 Å². The van der Waals surface area contributed by atoms with E-state index in [-0.39, 0.29) is 52.1 Å². The Morgan fingerprint density at radius 2 is 1.97 bits per heavy atom. The van der Waals surface area contributed by atoms with Crippen molar-refractivity contribution in [2.75, 3.05) is 11.1 Å². The molecule has 3 aromatic rings. The maximum Gasteiger partial charge on any atom is 0.224 e. The molecule has 2 N–H and O–H groups in total. The molecule has 10 heteroatoms. The van der Waals surface area contributed by atoms with E-state index in [1.54, 1.807) is 0 Å². The minimum atomic E-state index is -3.50. The summed E-state index contributed by atoms with van der Waals surface area (Å²) in [6.07, 6.45) is 1.26. The number of phenols is 1. The third kappa shape index (κ3) is 4.82. The molecule has 0 saturated carbocycles. The average Bonchev–Trinajstić information content (AvgIpc) is 3.16. The molecule has 30 heavy (non-hydrogen) atoms. The van der Waals surface area contributed by atoms with Crippen LogP contribution in [0, 0.1) is 11.6 Å². The highest BCUT2D eigenvalue weighted by Crippen LogP contribution is 2.28. The zero-order valence-corrected chi connectivity index (χ0v) is 16.7. The molecule has 1 aromatic heterocycles. The van der Waals surface area contributed by atoms with Crippen LogP contribution in [0.15, 0.2) is 51.9 Å². The summed E-state index contributed by atoms with van der Waals surface area (Å²) in [7, 11) is -3.50. The summed E-state index contributed by atoms with van der Waals surface area (Å²) in [4.78, 5) is 16.2. The van der Waals surface area contributed by atoms with Crippen LogP contribution < -0.4 is 5.32 Å². The molecular weight excluding hydrogens is 418 g/mol. The molecular formula is C20H18F2N2O5S. The minimum absolute atomic E-state index is 0.0169. The fraction of sp³-hybridized carbons (Fsp3) is 0.200. The number of aromatic nitrogens is 1. The maximum absolute atomic E-state index is 13.8. The number of oxazole rings is 1. The van der Waals surface area contributed by atoms with Crippen LogP contribution >= 0.6 is 0 Å². The van der Waals surface area contributed by atoms with Gasteiger partial charge in [0, 0.05) is 18.9 Å². The first-order valence-corrected chi connectivity index (χ1v) is 10.6. The van der Waals surface area contributed by atoms with Crippen molar-refractivity contribution < 1.29 is 31.5 Å². The lowest BCUT2D eigenvalue weighted by Gasteiger charge is -2.09. The molecule has 0 aliphatic rings. The second-order valence-corrected chi connectivity index (χ2v) is 8.65. The Morgan fingerprint density at radius 1 is 1.20 bits per heavy atom. The molecule has 0 unspecified atom stereocenters. The lowest BCUT2D eigenvalue weighted by molar-refractivity contribution is -0.116. The number of hydrogen-bond donors (Lipinski definition) is 2. The Morgan fingerprint density at radius 3 is 2.67 bits per heavy atom. The number of amides is 1. The predicted octanol–water partition coefficient (Wildman–Crippen LogP) is 3.69. The molecule has 158 valence electrons. The number of nitrogens with zero attached hydrogens (tertiary/aromatic N) is 1. The number of carbonyl (C=O) groups excluding carboxylic acids is 1. The fourth-order valence-electron chi connectivity index (χ4n) is 2.65. The number of halogens is 2. The van der Waals surface area contributed by atoms with Gasteiger partial charge in [0.2, 0.25) is 5.91 Å². The van der Waals surface area contributed by atoms with E-state index in [9.17, 15) is 27.1 Å². The highest BCUT2D eigenvalue weighted by Gasteiger charge is 2.16. The van der Waals surface area contributed by atoms with E-state index in [1.807, 2.05) is 0 Å². The summed E-state index contributed by atoms with van der Waals surface area (Å²) in [5, 5.41) is 12.3. The van der Waals surface area contributed by atoms with Gasteiger partial charge in [-0.3, -0.25) is 4.79 Å². The van der Waals surface area contributed by atoms with Crippen LogP contribution in [0.25, 0.3) is 11.3 Å². The Bertz CT molecular complexity index is 1190. The van der Waals surface area contributed by atoms with Crippen molar-refractivity contribution in [1.82, 2.24) is 4.98 Å². The number of nitrogens with one attached hydrogen (secondary N) is 1. The van der Waals surface area contributed by atoms with Gasteiger partial charge in [0.1, 0.15) is 17.4 Å². The first-order chi connectivity index (χ1) is 14.2. The van der Waals surface area contributed by atoms with Crippen molar-refractivity contribution in [3.05, 3.63) is 60.1 Å². The molecule has 0 bridgehead atoms. The average molecular weight is 436 g/mol. The van der Waals surface area contributed by atoms with Gasteiger partial charge in [0.15, 0.2) is 21.5 Å². The number of hydrogen-bond acceptors (Lipinski definition) is 6. The molecule has 0 aliphatic heterocycles. The van der Waals surface area contributed by atoms with Gasteiger partial charge in [-0.2, -0.15) is 0 Å². The highest BCUT2D eigenvalue weighted by atomic mass is 32.2. The minimum Gasteiger partial charge on any atom is -0.506 e. The van der Waals surface area contributed by atoms with Crippen LogP contribution in [-0.2, 0) is 21.1 Å². The quantitative estimate of drug-likeness (QED) is 0.547. The molecule has 2 aromatic carbocycles. The van der Waals surface area contributed by atoms with Crippen molar-refractivity contribution in [3.63, 3.8) is 0 Å². The number of sulfone groups is 1. The Balaban J connectivity index is 1.66. The Labute approximate surface area is 171 Å². The predicted molar refractivity (Wildman–Crippen MR) is 105 cm³/mol. The maximum atomic E-state index is 13.8. The number of phenolic OH excluding ortho intramolecular Hbond substituents is 1. The third-order valence-corrected chi connectivity index (χ3v) is 6.03. The third-order valence-electron chi connectivity index (χ3n) is 4.30. The second kappa shape index (κ2) is 8.62. The van der Waals surface area contributed by atoms with Crippen molar-refractivity contribution in [1.29, 1.82) is 0 Å². The number of aryl methyl sites for hydroxylation is 1. The summed E-state index contributed by atoms with van der Waals surface area (Å²) < 4.78 is 56.2. The van der Waals surface area contributed by atoms with Crippen molar-refractivity contribution in [2.24, 2.45) is 0 Å². The lowest BCUT2D eigenvalue weighted by Crippen LogP contribution is -2.13. The largest absolute Gasteiger partial charge is 0.506 e. The molecule has 1 amide bonds. The first-order valence-electron chi connectivity index (χ1n) is 8.95. The molecule has 0 spiro atoms. The van der Waals surface area contributed by atoms with Crippen molar-refractivity contribution in [2.45, 2.75) is 24.7 Å². The molecule has 7 nitrogen and oxygen atoms in total. The standard InChI is InChI=1S/C20H18F2N2O5S/c1-2-30(27,28)13-4-6-17(25)16(10-13)24-19(26)7-8-20-23-11-18(29-20)14-5-3-12(21)9-15(14)22/h3-6,9-11,25H,2,7-8H2,1H3,(H,24,26). The van der Waals surface area contributed by atoms with Gasteiger partial charge in [-0.1, -0.05) is 6.92 Å². The zero-order chi connectivity index (χ0) is 21.9. The number of rotatable bonds is 7. The Kier molecular flexibility index (Phi) is 6.16. The van der Waals surface area contributed by atoms with Crippen molar-refractivity contribution in [3.8, 4) is 17.1 Å². The molecule has 1 heterocycles. The number of anilines is 1. The summed E-state index contributed by atoms with van der Waals surface area (Å²) >= 11 is 0. The first kappa shape index (κ1) is 21.4.